The minimum absolute atomic E-state index is 0.643. The lowest BCUT2D eigenvalue weighted by molar-refractivity contribution is 0.740. The Morgan fingerprint density at radius 3 is 2.68 bits per heavy atom. The molecule has 0 atom stereocenters. The van der Waals surface area contributed by atoms with Crippen LogP contribution in [-0.2, 0) is 14.1 Å². The number of hydrogen-bond donors (Lipinski definition) is 0. The van der Waals surface area contributed by atoms with Crippen LogP contribution in [0.2, 0.25) is 0 Å². The summed E-state index contributed by atoms with van der Waals surface area (Å²) in [5.74, 6) is 0.871. The van der Waals surface area contributed by atoms with Gasteiger partial charge in [-0.15, -0.1) is 0 Å². The van der Waals surface area contributed by atoms with Crippen molar-refractivity contribution < 1.29 is 0 Å². The zero-order valence-electron chi connectivity index (χ0n) is 11.0. The van der Waals surface area contributed by atoms with Crippen LogP contribution in [0.4, 0.5) is 0 Å². The van der Waals surface area contributed by atoms with Gasteiger partial charge in [0.05, 0.1) is 34.4 Å². The highest BCUT2D eigenvalue weighted by atomic mass is 15.3. The molecular formula is C14H13N5. The van der Waals surface area contributed by atoms with Crippen LogP contribution in [0.5, 0.6) is 0 Å². The Morgan fingerprint density at radius 2 is 2.05 bits per heavy atom. The summed E-state index contributed by atoms with van der Waals surface area (Å²) in [5, 5.41) is 13.2. The molecule has 0 unspecified atom stereocenters. The molecule has 3 aromatic rings. The second-order valence-electron chi connectivity index (χ2n) is 4.58. The fraction of sp³-hybridized carbons (Fsp3) is 0.214. The Balaban J connectivity index is 2.29. The first-order valence-electron chi connectivity index (χ1n) is 5.97. The van der Waals surface area contributed by atoms with Crippen LogP contribution in [0.1, 0.15) is 11.3 Å². The quantitative estimate of drug-likeness (QED) is 0.665. The fourth-order valence-corrected chi connectivity index (χ4v) is 2.22. The van der Waals surface area contributed by atoms with Gasteiger partial charge in [0, 0.05) is 19.8 Å². The maximum absolute atomic E-state index is 8.97. The van der Waals surface area contributed by atoms with E-state index in [0.717, 1.165) is 28.1 Å². The van der Waals surface area contributed by atoms with Crippen molar-refractivity contribution in [1.29, 1.82) is 5.26 Å². The highest BCUT2D eigenvalue weighted by molar-refractivity contribution is 5.82. The van der Waals surface area contributed by atoms with Gasteiger partial charge >= 0.3 is 0 Å². The molecule has 1 aromatic carbocycles. The molecular weight excluding hydrogens is 238 g/mol. The van der Waals surface area contributed by atoms with Gasteiger partial charge in [-0.1, -0.05) is 0 Å². The summed E-state index contributed by atoms with van der Waals surface area (Å²) < 4.78 is 3.83. The molecule has 0 amide bonds. The van der Waals surface area contributed by atoms with Crippen LogP contribution in [-0.4, -0.2) is 19.3 Å². The van der Waals surface area contributed by atoms with Crippen molar-refractivity contribution in [2.75, 3.05) is 0 Å². The lowest BCUT2D eigenvalue weighted by Crippen LogP contribution is -1.96. The van der Waals surface area contributed by atoms with Gasteiger partial charge in [-0.3, -0.25) is 4.68 Å². The lowest BCUT2D eigenvalue weighted by atomic mass is 10.2. The van der Waals surface area contributed by atoms with E-state index in [1.165, 1.54) is 0 Å². The Hall–Kier alpha value is -2.61. The summed E-state index contributed by atoms with van der Waals surface area (Å²) in [6.45, 7) is 2.02. The number of nitriles is 1. The van der Waals surface area contributed by atoms with E-state index in [4.69, 9.17) is 5.26 Å². The van der Waals surface area contributed by atoms with Crippen LogP contribution in [0.25, 0.3) is 22.4 Å². The first kappa shape index (κ1) is 11.5. The predicted molar refractivity (Wildman–Crippen MR) is 72.4 cm³/mol. The zero-order valence-corrected chi connectivity index (χ0v) is 11.0. The van der Waals surface area contributed by atoms with E-state index in [1.54, 1.807) is 6.07 Å². The molecule has 0 fully saturated rings. The molecule has 0 N–H and O–H groups in total. The van der Waals surface area contributed by atoms with Crippen LogP contribution in [0, 0.1) is 18.3 Å². The minimum Gasteiger partial charge on any atom is -0.327 e. The average Bonchev–Trinajstić information content (AvgIpc) is 2.92. The number of nitrogens with zero attached hydrogens (tertiary/aromatic N) is 5. The number of rotatable bonds is 1. The van der Waals surface area contributed by atoms with Crippen molar-refractivity contribution >= 4 is 11.0 Å². The lowest BCUT2D eigenvalue weighted by Gasteiger charge is -2.01. The van der Waals surface area contributed by atoms with Crippen molar-refractivity contribution in [3.05, 3.63) is 35.7 Å². The Kier molecular flexibility index (Phi) is 2.39. The van der Waals surface area contributed by atoms with Crippen molar-refractivity contribution in [3.8, 4) is 17.5 Å². The summed E-state index contributed by atoms with van der Waals surface area (Å²) in [5.41, 5.74) is 4.57. The summed E-state index contributed by atoms with van der Waals surface area (Å²) in [7, 11) is 3.87. The van der Waals surface area contributed by atoms with Gasteiger partial charge < -0.3 is 4.57 Å². The highest BCUT2D eigenvalue weighted by Crippen LogP contribution is 2.26. The van der Waals surface area contributed by atoms with Crippen LogP contribution >= 0.6 is 0 Å². The van der Waals surface area contributed by atoms with Gasteiger partial charge in [-0.25, -0.2) is 4.98 Å². The largest absolute Gasteiger partial charge is 0.327 e. The third-order valence-electron chi connectivity index (χ3n) is 3.49. The number of imidazole rings is 1. The molecule has 0 saturated heterocycles. The number of hydrogen-bond acceptors (Lipinski definition) is 3. The van der Waals surface area contributed by atoms with Gasteiger partial charge in [0.1, 0.15) is 5.82 Å². The second-order valence-corrected chi connectivity index (χ2v) is 4.58. The molecule has 0 saturated carbocycles. The highest BCUT2D eigenvalue weighted by Gasteiger charge is 2.14. The fourth-order valence-electron chi connectivity index (χ4n) is 2.22. The standard InChI is InChI=1S/C14H13N5/c1-9-11(8-16-19(9)3)14-17-12-5-4-10(7-15)6-13(12)18(14)2/h4-6,8H,1-3H3. The Bertz CT molecular complexity index is 816. The molecule has 5 nitrogen and oxygen atoms in total. The number of fused-ring (bicyclic) bond motifs is 1. The molecule has 2 aromatic heterocycles. The van der Waals surface area contributed by atoms with Gasteiger partial charge in [0.25, 0.3) is 0 Å². The number of aromatic nitrogens is 4. The van der Waals surface area contributed by atoms with E-state index in [2.05, 4.69) is 16.2 Å². The first-order chi connectivity index (χ1) is 9.11. The number of benzene rings is 1. The van der Waals surface area contributed by atoms with Gasteiger partial charge in [-0.05, 0) is 25.1 Å². The molecule has 3 rings (SSSR count). The molecule has 19 heavy (non-hydrogen) atoms. The SMILES string of the molecule is Cc1c(-c2nc3ccc(C#N)cc3n2C)cnn1C. The van der Waals surface area contributed by atoms with Crippen molar-refractivity contribution in [2.45, 2.75) is 6.92 Å². The summed E-state index contributed by atoms with van der Waals surface area (Å²) in [4.78, 5) is 4.63. The van der Waals surface area contributed by atoms with Crippen molar-refractivity contribution in [3.63, 3.8) is 0 Å². The van der Waals surface area contributed by atoms with E-state index < -0.39 is 0 Å². The summed E-state index contributed by atoms with van der Waals surface area (Å²) in [6.07, 6.45) is 1.82. The first-order valence-corrected chi connectivity index (χ1v) is 5.97. The Morgan fingerprint density at radius 1 is 1.26 bits per heavy atom. The van der Waals surface area contributed by atoms with Crippen LogP contribution in [0.15, 0.2) is 24.4 Å². The normalized spacial score (nSPS) is 10.8. The third kappa shape index (κ3) is 1.61. The smallest absolute Gasteiger partial charge is 0.144 e. The van der Waals surface area contributed by atoms with Gasteiger partial charge in [-0.2, -0.15) is 10.4 Å². The van der Waals surface area contributed by atoms with E-state index in [0.29, 0.717) is 5.56 Å². The third-order valence-corrected chi connectivity index (χ3v) is 3.49. The molecule has 94 valence electrons. The zero-order chi connectivity index (χ0) is 13.6. The predicted octanol–water partition coefficient (Wildman–Crippen LogP) is 2.15. The van der Waals surface area contributed by atoms with E-state index in [-0.39, 0.29) is 0 Å². The molecule has 0 radical (unpaired) electrons. The molecule has 2 heterocycles. The topological polar surface area (TPSA) is 59.4 Å². The molecule has 0 aliphatic rings. The van der Waals surface area contributed by atoms with Crippen LogP contribution < -0.4 is 0 Å². The second kappa shape index (κ2) is 3.95. The van der Waals surface area contributed by atoms with Crippen molar-refractivity contribution in [1.82, 2.24) is 19.3 Å². The van der Waals surface area contributed by atoms with Crippen molar-refractivity contribution in [2.24, 2.45) is 14.1 Å². The molecule has 0 spiro atoms. The maximum Gasteiger partial charge on any atom is 0.144 e. The Labute approximate surface area is 110 Å². The van der Waals surface area contributed by atoms with E-state index in [9.17, 15) is 0 Å². The summed E-state index contributed by atoms with van der Waals surface area (Å²) >= 11 is 0. The summed E-state index contributed by atoms with van der Waals surface area (Å²) in [6, 6.07) is 7.68. The molecule has 5 heteroatoms. The molecule has 0 bridgehead atoms. The monoisotopic (exact) mass is 251 g/mol. The molecule has 0 aliphatic heterocycles. The molecule has 0 aliphatic carbocycles. The van der Waals surface area contributed by atoms with Gasteiger partial charge in [0.2, 0.25) is 0 Å². The number of aryl methyl sites for hydroxylation is 2. The maximum atomic E-state index is 8.97. The van der Waals surface area contributed by atoms with E-state index in [1.807, 2.05) is 48.6 Å². The average molecular weight is 251 g/mol. The minimum atomic E-state index is 0.643. The van der Waals surface area contributed by atoms with E-state index >= 15 is 0 Å². The van der Waals surface area contributed by atoms with Crippen LogP contribution in [0.3, 0.4) is 0 Å². The van der Waals surface area contributed by atoms with Gasteiger partial charge in [0.15, 0.2) is 0 Å².